The number of nitrogens with zero attached hydrogens (tertiary/aromatic N) is 2. The van der Waals surface area contributed by atoms with Crippen molar-refractivity contribution in [2.45, 2.75) is 20.0 Å². The van der Waals surface area contributed by atoms with Crippen LogP contribution < -0.4 is 14.4 Å². The molecule has 0 aliphatic heterocycles. The van der Waals surface area contributed by atoms with Crippen LogP contribution in [0.3, 0.4) is 0 Å². The molecule has 0 spiro atoms. The van der Waals surface area contributed by atoms with Gasteiger partial charge in [0.25, 0.3) is 0 Å². The molecule has 0 saturated carbocycles. The molecule has 1 aromatic heterocycles. The Bertz CT molecular complexity index is 908. The second-order valence-electron chi connectivity index (χ2n) is 6.29. The van der Waals surface area contributed by atoms with Crippen LogP contribution in [0, 0.1) is 0 Å². The first-order chi connectivity index (χ1) is 14.1. The van der Waals surface area contributed by atoms with E-state index in [1.807, 2.05) is 48.5 Å². The maximum absolute atomic E-state index is 12.0. The van der Waals surface area contributed by atoms with E-state index in [2.05, 4.69) is 9.88 Å². The molecular formula is C22H24N2O4S. The summed E-state index contributed by atoms with van der Waals surface area (Å²) in [6.07, 6.45) is 0. The van der Waals surface area contributed by atoms with Gasteiger partial charge in [0, 0.05) is 18.5 Å². The van der Waals surface area contributed by atoms with Crippen molar-refractivity contribution in [2.75, 3.05) is 25.7 Å². The van der Waals surface area contributed by atoms with Crippen molar-refractivity contribution in [3.63, 3.8) is 0 Å². The quantitative estimate of drug-likeness (QED) is 0.481. The lowest BCUT2D eigenvalue weighted by atomic mass is 10.1. The van der Waals surface area contributed by atoms with Crippen molar-refractivity contribution in [2.24, 2.45) is 0 Å². The topological polar surface area (TPSA) is 60.9 Å². The van der Waals surface area contributed by atoms with Crippen molar-refractivity contribution in [1.82, 2.24) is 4.98 Å². The van der Waals surface area contributed by atoms with Gasteiger partial charge in [-0.25, -0.2) is 9.78 Å². The molecule has 0 saturated heterocycles. The smallest absolute Gasteiger partial charge is 0.357 e. The van der Waals surface area contributed by atoms with E-state index in [-0.39, 0.29) is 0 Å². The first-order valence-electron chi connectivity index (χ1n) is 9.26. The van der Waals surface area contributed by atoms with E-state index >= 15 is 0 Å². The van der Waals surface area contributed by atoms with E-state index in [0.29, 0.717) is 25.4 Å². The van der Waals surface area contributed by atoms with Crippen LogP contribution in [0.5, 0.6) is 11.5 Å². The van der Waals surface area contributed by atoms with Crippen LogP contribution in [0.15, 0.2) is 53.9 Å². The average Bonchev–Trinajstić information content (AvgIpc) is 3.24. The Morgan fingerprint density at radius 1 is 1.00 bits per heavy atom. The largest absolute Gasteiger partial charge is 0.497 e. The molecule has 6 nitrogen and oxygen atoms in total. The number of hydrogen-bond donors (Lipinski definition) is 0. The van der Waals surface area contributed by atoms with E-state index in [4.69, 9.17) is 14.2 Å². The number of aromatic nitrogens is 1. The number of carbonyl (C=O) groups is 1. The van der Waals surface area contributed by atoms with Crippen molar-refractivity contribution < 1.29 is 19.0 Å². The number of hydrogen-bond acceptors (Lipinski definition) is 7. The highest BCUT2D eigenvalue weighted by atomic mass is 32.1. The molecular weight excluding hydrogens is 388 g/mol. The highest BCUT2D eigenvalue weighted by molar-refractivity contribution is 7.13. The Kier molecular flexibility index (Phi) is 7.08. The first kappa shape index (κ1) is 20.7. The molecule has 2 aromatic carbocycles. The fraction of sp³-hybridized carbons (Fsp3) is 0.273. The van der Waals surface area contributed by atoms with Crippen LogP contribution in [0.1, 0.15) is 28.5 Å². The summed E-state index contributed by atoms with van der Waals surface area (Å²) in [5.74, 6) is 1.20. The van der Waals surface area contributed by atoms with Crippen molar-refractivity contribution in [1.29, 1.82) is 0 Å². The van der Waals surface area contributed by atoms with Gasteiger partial charge in [0.2, 0.25) is 0 Å². The summed E-state index contributed by atoms with van der Waals surface area (Å²) in [6.45, 7) is 3.33. The first-order valence-corrected chi connectivity index (χ1v) is 10.1. The molecule has 0 amide bonds. The number of anilines is 1. The second-order valence-corrected chi connectivity index (χ2v) is 7.13. The molecule has 7 heteroatoms. The zero-order valence-corrected chi connectivity index (χ0v) is 17.6. The van der Waals surface area contributed by atoms with Gasteiger partial charge >= 0.3 is 5.97 Å². The lowest BCUT2D eigenvalue weighted by Gasteiger charge is -2.22. The molecule has 29 heavy (non-hydrogen) atoms. The minimum atomic E-state index is -0.405. The summed E-state index contributed by atoms with van der Waals surface area (Å²) in [6, 6.07) is 15.8. The molecule has 152 valence electrons. The van der Waals surface area contributed by atoms with Gasteiger partial charge in [-0.15, -0.1) is 11.3 Å². The minimum absolute atomic E-state index is 0.322. The number of ether oxygens (including phenoxy) is 3. The summed E-state index contributed by atoms with van der Waals surface area (Å²) in [5, 5.41) is 2.48. The van der Waals surface area contributed by atoms with Crippen molar-refractivity contribution in [3.8, 4) is 11.5 Å². The summed E-state index contributed by atoms with van der Waals surface area (Å²) >= 11 is 1.42. The molecule has 3 aromatic rings. The molecule has 0 radical (unpaired) electrons. The highest BCUT2D eigenvalue weighted by Gasteiger charge is 2.17. The molecule has 0 aliphatic rings. The summed E-state index contributed by atoms with van der Waals surface area (Å²) in [5.41, 5.74) is 2.49. The molecule has 0 unspecified atom stereocenters. The fourth-order valence-corrected chi connectivity index (χ4v) is 3.68. The van der Waals surface area contributed by atoms with Crippen molar-refractivity contribution >= 4 is 22.4 Å². The number of carbonyl (C=O) groups excluding carboxylic acids is 1. The Labute approximate surface area is 174 Å². The van der Waals surface area contributed by atoms with Crippen LogP contribution in [0.4, 0.5) is 5.13 Å². The maximum Gasteiger partial charge on any atom is 0.357 e. The summed E-state index contributed by atoms with van der Waals surface area (Å²) in [4.78, 5) is 18.7. The zero-order chi connectivity index (χ0) is 20.6. The monoisotopic (exact) mass is 412 g/mol. The van der Waals surface area contributed by atoms with Crippen LogP contribution in [0.2, 0.25) is 0 Å². The normalized spacial score (nSPS) is 10.4. The molecule has 0 N–H and O–H groups in total. The molecule has 3 rings (SSSR count). The van der Waals surface area contributed by atoms with Crippen LogP contribution in [0.25, 0.3) is 0 Å². The standard InChI is InChI=1S/C22H24N2O4S/c1-4-28-21(25)20-15-29-22(23-20)24(13-16-7-5-9-18(11-16)26-2)14-17-8-6-10-19(12-17)27-3/h5-12,15H,4,13-14H2,1-3H3. The zero-order valence-electron chi connectivity index (χ0n) is 16.8. The minimum Gasteiger partial charge on any atom is -0.497 e. The van der Waals surface area contributed by atoms with Gasteiger partial charge in [-0.3, -0.25) is 0 Å². The third kappa shape index (κ3) is 5.48. The van der Waals surface area contributed by atoms with Crippen LogP contribution in [-0.2, 0) is 17.8 Å². The third-order valence-corrected chi connectivity index (χ3v) is 5.16. The number of rotatable bonds is 9. The third-order valence-electron chi connectivity index (χ3n) is 4.26. The predicted octanol–water partition coefficient (Wildman–Crippen LogP) is 4.54. The Morgan fingerprint density at radius 2 is 1.59 bits per heavy atom. The van der Waals surface area contributed by atoms with Gasteiger partial charge in [-0.2, -0.15) is 0 Å². The SMILES string of the molecule is CCOC(=O)c1csc(N(Cc2cccc(OC)c2)Cc2cccc(OC)c2)n1. The lowest BCUT2D eigenvalue weighted by molar-refractivity contribution is 0.0520. The van der Waals surface area contributed by atoms with Crippen LogP contribution in [-0.4, -0.2) is 31.8 Å². The Morgan fingerprint density at radius 3 is 2.10 bits per heavy atom. The van der Waals surface area contributed by atoms with Gasteiger partial charge in [0.1, 0.15) is 11.5 Å². The van der Waals surface area contributed by atoms with E-state index in [1.165, 1.54) is 11.3 Å². The number of methoxy groups -OCH3 is 2. The molecule has 0 bridgehead atoms. The van der Waals surface area contributed by atoms with Crippen LogP contribution >= 0.6 is 11.3 Å². The molecule has 0 atom stereocenters. The Hall–Kier alpha value is -3.06. The fourth-order valence-electron chi connectivity index (χ4n) is 2.88. The van der Waals surface area contributed by atoms with Gasteiger partial charge in [-0.1, -0.05) is 24.3 Å². The molecule has 0 aliphatic carbocycles. The van der Waals surface area contributed by atoms with Gasteiger partial charge in [-0.05, 0) is 42.3 Å². The molecule has 1 heterocycles. The van der Waals surface area contributed by atoms with E-state index in [9.17, 15) is 4.79 Å². The second kappa shape index (κ2) is 9.93. The Balaban J connectivity index is 1.89. The summed E-state index contributed by atoms with van der Waals surface area (Å²) < 4.78 is 15.8. The van der Waals surface area contributed by atoms with Gasteiger partial charge in [0.05, 0.1) is 20.8 Å². The molecule has 0 fully saturated rings. The number of benzene rings is 2. The van der Waals surface area contributed by atoms with Gasteiger partial charge in [0.15, 0.2) is 10.8 Å². The van der Waals surface area contributed by atoms with E-state index in [0.717, 1.165) is 27.8 Å². The number of thiazole rings is 1. The number of esters is 1. The lowest BCUT2D eigenvalue weighted by Crippen LogP contribution is -2.22. The maximum atomic E-state index is 12.0. The average molecular weight is 413 g/mol. The van der Waals surface area contributed by atoms with Crippen molar-refractivity contribution in [3.05, 3.63) is 70.7 Å². The van der Waals surface area contributed by atoms with E-state index < -0.39 is 5.97 Å². The summed E-state index contributed by atoms with van der Waals surface area (Å²) in [7, 11) is 3.30. The predicted molar refractivity (Wildman–Crippen MR) is 114 cm³/mol. The van der Waals surface area contributed by atoms with E-state index in [1.54, 1.807) is 26.5 Å². The highest BCUT2D eigenvalue weighted by Crippen LogP contribution is 2.27. The van der Waals surface area contributed by atoms with Gasteiger partial charge < -0.3 is 19.1 Å².